The predicted molar refractivity (Wildman–Crippen MR) is 82.4 cm³/mol. The zero-order chi connectivity index (χ0) is 14.1. The van der Waals surface area contributed by atoms with Gasteiger partial charge in [0.25, 0.3) is 0 Å². The zero-order valence-electron chi connectivity index (χ0n) is 10.9. The maximum absolute atomic E-state index is 6.01. The Morgan fingerprint density at radius 3 is 2.80 bits per heavy atom. The van der Waals surface area contributed by atoms with Crippen LogP contribution in [0.15, 0.2) is 48.7 Å². The SMILES string of the molecule is Cc1ccc(Cl)cc1Oc1ccc(N)c2ncccc12. The number of fused-ring (bicyclic) bond motifs is 1. The lowest BCUT2D eigenvalue weighted by Crippen LogP contribution is -1.93. The number of ether oxygens (including phenoxy) is 1. The Labute approximate surface area is 122 Å². The fourth-order valence-corrected chi connectivity index (χ4v) is 2.22. The highest BCUT2D eigenvalue weighted by Gasteiger charge is 2.08. The number of nitrogens with zero attached hydrogens (tertiary/aromatic N) is 1. The van der Waals surface area contributed by atoms with Crippen molar-refractivity contribution in [2.45, 2.75) is 6.92 Å². The van der Waals surface area contributed by atoms with Gasteiger partial charge < -0.3 is 10.5 Å². The molecule has 0 bridgehead atoms. The number of nitrogen functional groups attached to an aromatic ring is 1. The monoisotopic (exact) mass is 284 g/mol. The van der Waals surface area contributed by atoms with Crippen LogP contribution >= 0.6 is 11.6 Å². The van der Waals surface area contributed by atoms with E-state index in [1.165, 1.54) is 0 Å². The number of halogens is 1. The Hall–Kier alpha value is -2.26. The first kappa shape index (κ1) is 12.8. The molecule has 0 spiro atoms. The zero-order valence-corrected chi connectivity index (χ0v) is 11.7. The Bertz CT molecular complexity index is 787. The Morgan fingerprint density at radius 2 is 1.95 bits per heavy atom. The van der Waals surface area contributed by atoms with Gasteiger partial charge in [0.1, 0.15) is 11.5 Å². The minimum Gasteiger partial charge on any atom is -0.456 e. The van der Waals surface area contributed by atoms with E-state index in [4.69, 9.17) is 22.1 Å². The third kappa shape index (κ3) is 2.28. The van der Waals surface area contributed by atoms with Crippen LogP contribution in [0.4, 0.5) is 5.69 Å². The van der Waals surface area contributed by atoms with Crippen molar-refractivity contribution in [3.05, 3.63) is 59.2 Å². The van der Waals surface area contributed by atoms with Crippen molar-refractivity contribution in [2.75, 3.05) is 5.73 Å². The summed E-state index contributed by atoms with van der Waals surface area (Å²) in [5.74, 6) is 1.44. The van der Waals surface area contributed by atoms with Gasteiger partial charge in [-0.25, -0.2) is 0 Å². The number of benzene rings is 2. The van der Waals surface area contributed by atoms with Gasteiger partial charge in [-0.3, -0.25) is 4.98 Å². The summed E-state index contributed by atoms with van der Waals surface area (Å²) in [4.78, 5) is 4.29. The lowest BCUT2D eigenvalue weighted by Gasteiger charge is -2.12. The van der Waals surface area contributed by atoms with E-state index in [1.807, 2.05) is 37.3 Å². The van der Waals surface area contributed by atoms with Crippen molar-refractivity contribution in [3.63, 3.8) is 0 Å². The van der Waals surface area contributed by atoms with Crippen molar-refractivity contribution in [3.8, 4) is 11.5 Å². The van der Waals surface area contributed by atoms with Crippen LogP contribution in [0.3, 0.4) is 0 Å². The van der Waals surface area contributed by atoms with Gasteiger partial charge in [-0.05, 0) is 48.9 Å². The molecule has 0 saturated carbocycles. The molecule has 3 rings (SSSR count). The Balaban J connectivity index is 2.11. The molecular weight excluding hydrogens is 272 g/mol. The van der Waals surface area contributed by atoms with Crippen LogP contribution in [0.5, 0.6) is 11.5 Å². The Kier molecular flexibility index (Phi) is 3.20. The first-order valence-corrected chi connectivity index (χ1v) is 6.60. The molecule has 20 heavy (non-hydrogen) atoms. The number of rotatable bonds is 2. The second-order valence-electron chi connectivity index (χ2n) is 4.56. The minimum absolute atomic E-state index is 0.635. The molecule has 3 nitrogen and oxygen atoms in total. The standard InChI is InChI=1S/C16H13ClN2O/c1-10-4-5-11(17)9-15(10)20-14-7-6-13(18)16-12(14)3-2-8-19-16/h2-9H,18H2,1H3. The number of aromatic nitrogens is 1. The summed E-state index contributed by atoms with van der Waals surface area (Å²) >= 11 is 6.01. The van der Waals surface area contributed by atoms with Gasteiger partial charge in [-0.15, -0.1) is 0 Å². The van der Waals surface area contributed by atoms with Crippen LogP contribution in [0.1, 0.15) is 5.56 Å². The van der Waals surface area contributed by atoms with Gasteiger partial charge in [0.05, 0.1) is 11.2 Å². The number of hydrogen-bond acceptors (Lipinski definition) is 3. The van der Waals surface area contributed by atoms with Crippen LogP contribution in [-0.2, 0) is 0 Å². The van der Waals surface area contributed by atoms with Gasteiger partial charge in [-0.2, -0.15) is 0 Å². The molecule has 1 aromatic heterocycles. The highest BCUT2D eigenvalue weighted by molar-refractivity contribution is 6.30. The predicted octanol–water partition coefficient (Wildman–Crippen LogP) is 4.57. The summed E-state index contributed by atoms with van der Waals surface area (Å²) < 4.78 is 5.98. The molecular formula is C16H13ClN2O. The molecule has 2 aromatic carbocycles. The molecule has 0 amide bonds. The van der Waals surface area contributed by atoms with Gasteiger partial charge >= 0.3 is 0 Å². The fourth-order valence-electron chi connectivity index (χ4n) is 2.06. The minimum atomic E-state index is 0.635. The highest BCUT2D eigenvalue weighted by atomic mass is 35.5. The summed E-state index contributed by atoms with van der Waals surface area (Å²) in [6, 6.07) is 13.0. The normalized spacial score (nSPS) is 10.7. The van der Waals surface area contributed by atoms with E-state index in [0.29, 0.717) is 16.5 Å². The number of nitrogens with two attached hydrogens (primary N) is 1. The largest absolute Gasteiger partial charge is 0.456 e. The van der Waals surface area contributed by atoms with E-state index in [0.717, 1.165) is 22.2 Å². The van der Waals surface area contributed by atoms with Gasteiger partial charge in [-0.1, -0.05) is 17.7 Å². The van der Waals surface area contributed by atoms with Crippen molar-refractivity contribution in [2.24, 2.45) is 0 Å². The number of pyridine rings is 1. The quantitative estimate of drug-likeness (QED) is 0.701. The molecule has 0 unspecified atom stereocenters. The van der Waals surface area contributed by atoms with E-state index in [9.17, 15) is 0 Å². The number of anilines is 1. The van der Waals surface area contributed by atoms with Crippen molar-refractivity contribution in [1.29, 1.82) is 0 Å². The molecule has 0 aliphatic heterocycles. The maximum Gasteiger partial charge on any atom is 0.136 e. The molecule has 4 heteroatoms. The van der Waals surface area contributed by atoms with Gasteiger partial charge in [0, 0.05) is 16.6 Å². The molecule has 0 atom stereocenters. The van der Waals surface area contributed by atoms with Crippen molar-refractivity contribution >= 4 is 28.2 Å². The van der Waals surface area contributed by atoms with Crippen LogP contribution < -0.4 is 10.5 Å². The summed E-state index contributed by atoms with van der Waals surface area (Å²) in [5.41, 5.74) is 8.33. The van der Waals surface area contributed by atoms with E-state index in [1.54, 1.807) is 18.3 Å². The summed E-state index contributed by atoms with van der Waals surface area (Å²) in [5, 5.41) is 1.52. The average Bonchev–Trinajstić information content (AvgIpc) is 2.46. The molecule has 0 saturated heterocycles. The third-order valence-electron chi connectivity index (χ3n) is 3.13. The smallest absolute Gasteiger partial charge is 0.136 e. The van der Waals surface area contributed by atoms with Crippen molar-refractivity contribution < 1.29 is 4.74 Å². The average molecular weight is 285 g/mol. The first-order valence-electron chi connectivity index (χ1n) is 6.22. The number of aryl methyl sites for hydroxylation is 1. The highest BCUT2D eigenvalue weighted by Crippen LogP contribution is 2.34. The van der Waals surface area contributed by atoms with Crippen LogP contribution in [-0.4, -0.2) is 4.98 Å². The van der Waals surface area contributed by atoms with Gasteiger partial charge in [0.2, 0.25) is 0 Å². The first-order chi connectivity index (χ1) is 9.65. The molecule has 100 valence electrons. The molecule has 0 aliphatic rings. The molecule has 1 heterocycles. The van der Waals surface area contributed by atoms with Crippen LogP contribution in [0.25, 0.3) is 10.9 Å². The lowest BCUT2D eigenvalue weighted by molar-refractivity contribution is 0.484. The van der Waals surface area contributed by atoms with Crippen LogP contribution in [0, 0.1) is 6.92 Å². The second-order valence-corrected chi connectivity index (χ2v) is 5.00. The van der Waals surface area contributed by atoms with E-state index >= 15 is 0 Å². The summed E-state index contributed by atoms with van der Waals surface area (Å²) in [6.07, 6.45) is 1.72. The lowest BCUT2D eigenvalue weighted by atomic mass is 10.1. The molecule has 0 radical (unpaired) electrons. The topological polar surface area (TPSA) is 48.1 Å². The van der Waals surface area contributed by atoms with Crippen LogP contribution in [0.2, 0.25) is 5.02 Å². The van der Waals surface area contributed by atoms with E-state index in [2.05, 4.69) is 4.98 Å². The summed E-state index contributed by atoms with van der Waals surface area (Å²) in [7, 11) is 0. The maximum atomic E-state index is 6.01. The molecule has 0 fully saturated rings. The Morgan fingerprint density at radius 1 is 1.10 bits per heavy atom. The van der Waals surface area contributed by atoms with Gasteiger partial charge in [0.15, 0.2) is 0 Å². The summed E-state index contributed by atoms with van der Waals surface area (Å²) in [6.45, 7) is 1.98. The third-order valence-corrected chi connectivity index (χ3v) is 3.37. The van der Waals surface area contributed by atoms with Crippen molar-refractivity contribution in [1.82, 2.24) is 4.98 Å². The van der Waals surface area contributed by atoms with E-state index < -0.39 is 0 Å². The fraction of sp³-hybridized carbons (Fsp3) is 0.0625. The molecule has 2 N–H and O–H groups in total. The molecule has 0 aliphatic carbocycles. The molecule has 3 aromatic rings. The second kappa shape index (κ2) is 5.02. The van der Waals surface area contributed by atoms with E-state index in [-0.39, 0.29) is 0 Å². The number of hydrogen-bond donors (Lipinski definition) is 1.